The Morgan fingerprint density at radius 3 is 2.58 bits per heavy atom. The van der Waals surface area contributed by atoms with Crippen LogP contribution >= 0.6 is 0 Å². The number of nitrogens with zero attached hydrogens (tertiary/aromatic N) is 2. The van der Waals surface area contributed by atoms with Crippen molar-refractivity contribution in [1.29, 1.82) is 0 Å². The molecule has 2 aliphatic rings. The Morgan fingerprint density at radius 1 is 1.12 bits per heavy atom. The first-order valence-corrected chi connectivity index (χ1v) is 9.02. The largest absolute Gasteiger partial charge is 0.496 e. The van der Waals surface area contributed by atoms with E-state index >= 15 is 0 Å². The van der Waals surface area contributed by atoms with E-state index < -0.39 is 0 Å². The third kappa shape index (κ3) is 4.14. The molecule has 1 fully saturated rings. The second kappa shape index (κ2) is 8.08. The summed E-state index contributed by atoms with van der Waals surface area (Å²) in [7, 11) is 6.10. The maximum Gasteiger partial charge on any atom is 0.164 e. The minimum Gasteiger partial charge on any atom is -0.496 e. The zero-order chi connectivity index (χ0) is 16.9. The fourth-order valence-electron chi connectivity index (χ4n) is 3.55. The van der Waals surface area contributed by atoms with Crippen LogP contribution in [0.5, 0.6) is 17.2 Å². The van der Waals surface area contributed by atoms with Crippen molar-refractivity contribution in [3.63, 3.8) is 0 Å². The summed E-state index contributed by atoms with van der Waals surface area (Å²) in [6.45, 7) is 4.55. The zero-order valence-electron chi connectivity index (χ0n) is 15.2. The van der Waals surface area contributed by atoms with E-state index in [1.165, 1.54) is 24.8 Å². The molecule has 5 nitrogen and oxygen atoms in total. The topological polar surface area (TPSA) is 34.2 Å². The first-order chi connectivity index (χ1) is 11.7. The standard InChI is InChI=1S/C19H30N2O3/c1-20(2)16-7-4-5-8-21(14-16)13-15-11-18-19(12-17(15)22-3)24-10-6-9-23-18/h11-12,16H,4-10,13-14H2,1-3H3/t16-/m0/s1. The number of benzene rings is 1. The second-order valence-corrected chi connectivity index (χ2v) is 7.01. The van der Waals surface area contributed by atoms with Crippen molar-refractivity contribution in [2.24, 2.45) is 0 Å². The van der Waals surface area contributed by atoms with E-state index in [4.69, 9.17) is 14.2 Å². The average molecular weight is 334 g/mol. The molecule has 0 radical (unpaired) electrons. The van der Waals surface area contributed by atoms with Gasteiger partial charge in [-0.3, -0.25) is 4.90 Å². The SMILES string of the molecule is COc1cc2c(cc1CN1CCCC[C@H](N(C)C)C1)OCCCO2. The summed E-state index contributed by atoms with van der Waals surface area (Å²) < 4.78 is 17.3. The third-order valence-corrected chi connectivity index (χ3v) is 5.01. The number of likely N-dealkylation sites (N-methyl/N-ethyl adjacent to an activating group) is 1. The molecule has 0 spiro atoms. The normalized spacial score (nSPS) is 22.1. The lowest BCUT2D eigenvalue weighted by Gasteiger charge is -2.29. The Morgan fingerprint density at radius 2 is 1.88 bits per heavy atom. The van der Waals surface area contributed by atoms with Crippen molar-refractivity contribution in [1.82, 2.24) is 9.80 Å². The van der Waals surface area contributed by atoms with Crippen LogP contribution < -0.4 is 14.2 Å². The Hall–Kier alpha value is -1.46. The fourth-order valence-corrected chi connectivity index (χ4v) is 3.55. The maximum absolute atomic E-state index is 5.85. The number of likely N-dealkylation sites (tertiary alicyclic amines) is 1. The van der Waals surface area contributed by atoms with Gasteiger partial charge in [-0.05, 0) is 39.5 Å². The predicted molar refractivity (Wildman–Crippen MR) is 95.2 cm³/mol. The summed E-state index contributed by atoms with van der Waals surface area (Å²) >= 11 is 0. The molecule has 24 heavy (non-hydrogen) atoms. The Kier molecular flexibility index (Phi) is 5.85. The van der Waals surface area contributed by atoms with Crippen LogP contribution in [0.15, 0.2) is 12.1 Å². The highest BCUT2D eigenvalue weighted by molar-refractivity contribution is 5.51. The smallest absolute Gasteiger partial charge is 0.164 e. The molecule has 0 aromatic heterocycles. The van der Waals surface area contributed by atoms with Crippen LogP contribution in [-0.4, -0.2) is 63.4 Å². The average Bonchev–Trinajstić information content (AvgIpc) is 2.94. The van der Waals surface area contributed by atoms with E-state index in [0.717, 1.165) is 43.3 Å². The Labute approximate surface area is 145 Å². The van der Waals surface area contributed by atoms with E-state index in [9.17, 15) is 0 Å². The lowest BCUT2D eigenvalue weighted by Crippen LogP contribution is -2.38. The van der Waals surface area contributed by atoms with Gasteiger partial charge in [-0.1, -0.05) is 6.42 Å². The number of hydrogen-bond donors (Lipinski definition) is 0. The summed E-state index contributed by atoms with van der Waals surface area (Å²) in [5.41, 5.74) is 1.18. The molecule has 5 heteroatoms. The molecular formula is C19H30N2O3. The van der Waals surface area contributed by atoms with Gasteiger partial charge in [-0.15, -0.1) is 0 Å². The second-order valence-electron chi connectivity index (χ2n) is 7.01. The molecule has 1 atom stereocenters. The van der Waals surface area contributed by atoms with Gasteiger partial charge in [0.2, 0.25) is 0 Å². The maximum atomic E-state index is 5.85. The summed E-state index contributed by atoms with van der Waals surface area (Å²) in [5, 5.41) is 0. The van der Waals surface area contributed by atoms with Crippen molar-refractivity contribution in [2.75, 3.05) is 47.5 Å². The minimum atomic E-state index is 0.624. The van der Waals surface area contributed by atoms with Gasteiger partial charge < -0.3 is 19.1 Å². The van der Waals surface area contributed by atoms with Gasteiger partial charge in [0, 0.05) is 37.2 Å². The highest BCUT2D eigenvalue weighted by Gasteiger charge is 2.22. The van der Waals surface area contributed by atoms with E-state index in [2.05, 4.69) is 30.0 Å². The molecule has 1 aromatic rings. The number of ether oxygens (including phenoxy) is 3. The molecule has 0 bridgehead atoms. The summed E-state index contributed by atoms with van der Waals surface area (Å²) in [4.78, 5) is 4.89. The number of fused-ring (bicyclic) bond motifs is 1. The van der Waals surface area contributed by atoms with Crippen LogP contribution in [0.2, 0.25) is 0 Å². The van der Waals surface area contributed by atoms with Crippen LogP contribution in [0.25, 0.3) is 0 Å². The molecule has 1 aromatic carbocycles. The van der Waals surface area contributed by atoms with E-state index in [0.29, 0.717) is 19.3 Å². The molecule has 0 aliphatic carbocycles. The van der Waals surface area contributed by atoms with Crippen LogP contribution in [0.3, 0.4) is 0 Å². The van der Waals surface area contributed by atoms with Crippen LogP contribution in [-0.2, 0) is 6.54 Å². The van der Waals surface area contributed by atoms with Crippen molar-refractivity contribution in [3.8, 4) is 17.2 Å². The monoisotopic (exact) mass is 334 g/mol. The molecule has 0 unspecified atom stereocenters. The first-order valence-electron chi connectivity index (χ1n) is 9.02. The van der Waals surface area contributed by atoms with Gasteiger partial charge in [0.05, 0.1) is 20.3 Å². The molecule has 0 saturated carbocycles. The Bertz CT molecular complexity index is 548. The molecule has 2 heterocycles. The molecule has 0 amide bonds. The molecule has 134 valence electrons. The predicted octanol–water partition coefficient (Wildman–Crippen LogP) is 2.77. The van der Waals surface area contributed by atoms with E-state index in [-0.39, 0.29) is 0 Å². The Balaban J connectivity index is 1.79. The van der Waals surface area contributed by atoms with Gasteiger partial charge in [0.15, 0.2) is 11.5 Å². The number of hydrogen-bond acceptors (Lipinski definition) is 5. The molecule has 0 N–H and O–H groups in total. The van der Waals surface area contributed by atoms with Crippen molar-refractivity contribution < 1.29 is 14.2 Å². The molecule has 1 saturated heterocycles. The first kappa shape index (κ1) is 17.4. The van der Waals surface area contributed by atoms with Crippen molar-refractivity contribution in [2.45, 2.75) is 38.3 Å². The zero-order valence-corrected chi connectivity index (χ0v) is 15.2. The molecule has 2 aliphatic heterocycles. The number of methoxy groups -OCH3 is 1. The van der Waals surface area contributed by atoms with Crippen LogP contribution in [0.1, 0.15) is 31.2 Å². The highest BCUT2D eigenvalue weighted by Crippen LogP contribution is 2.37. The van der Waals surface area contributed by atoms with Gasteiger partial charge >= 0.3 is 0 Å². The minimum absolute atomic E-state index is 0.624. The van der Waals surface area contributed by atoms with Gasteiger partial charge in [0.25, 0.3) is 0 Å². The highest BCUT2D eigenvalue weighted by atomic mass is 16.5. The summed E-state index contributed by atoms with van der Waals surface area (Å²) in [6.07, 6.45) is 4.76. The lowest BCUT2D eigenvalue weighted by molar-refractivity contribution is 0.189. The van der Waals surface area contributed by atoms with Gasteiger partial charge in [-0.25, -0.2) is 0 Å². The molecular weight excluding hydrogens is 304 g/mol. The van der Waals surface area contributed by atoms with Crippen molar-refractivity contribution >= 4 is 0 Å². The summed E-state index contributed by atoms with van der Waals surface area (Å²) in [5.74, 6) is 2.54. The van der Waals surface area contributed by atoms with Crippen LogP contribution in [0, 0.1) is 0 Å². The van der Waals surface area contributed by atoms with Gasteiger partial charge in [-0.2, -0.15) is 0 Å². The quantitative estimate of drug-likeness (QED) is 0.846. The van der Waals surface area contributed by atoms with Crippen LogP contribution in [0.4, 0.5) is 0 Å². The van der Waals surface area contributed by atoms with Crippen molar-refractivity contribution in [3.05, 3.63) is 17.7 Å². The van der Waals surface area contributed by atoms with E-state index in [1.54, 1.807) is 7.11 Å². The van der Waals surface area contributed by atoms with Gasteiger partial charge in [0.1, 0.15) is 5.75 Å². The summed E-state index contributed by atoms with van der Waals surface area (Å²) in [6, 6.07) is 4.71. The number of rotatable bonds is 4. The lowest BCUT2D eigenvalue weighted by atomic mass is 10.1. The van der Waals surface area contributed by atoms with E-state index in [1.807, 2.05) is 6.07 Å². The molecule has 3 rings (SSSR count). The third-order valence-electron chi connectivity index (χ3n) is 5.01. The fraction of sp³-hybridized carbons (Fsp3) is 0.684.